The van der Waals surface area contributed by atoms with Crippen molar-refractivity contribution in [2.24, 2.45) is 23.2 Å². The molecular weight excluding hydrogens is 384 g/mol. The first kappa shape index (κ1) is 19.2. The third-order valence-corrected chi connectivity index (χ3v) is 7.11. The minimum Gasteiger partial charge on any atom is -0.441 e. The summed E-state index contributed by atoms with van der Waals surface area (Å²) in [5.41, 5.74) is 0.248. The molecule has 1 aromatic heterocycles. The molecule has 1 amide bonds. The summed E-state index contributed by atoms with van der Waals surface area (Å²) >= 11 is 0. The molecule has 158 valence electrons. The molecule has 8 heteroatoms. The first-order valence-corrected chi connectivity index (χ1v) is 10.7. The number of carbonyl (C=O) groups is 2. The maximum absolute atomic E-state index is 12.5. The Kier molecular flexibility index (Phi) is 4.79. The molecule has 0 spiro atoms. The minimum absolute atomic E-state index is 0.0865. The number of aromatic nitrogens is 3. The SMILES string of the molecule is O=C(CC12CC3CC(CC(C3)C1)C2)NCC(=O)OCn1nnc2ccccc2c1=O. The van der Waals surface area contributed by atoms with Crippen LogP contribution in [0, 0.1) is 23.2 Å². The Hall–Kier alpha value is -2.77. The van der Waals surface area contributed by atoms with E-state index in [0.29, 0.717) is 17.3 Å². The van der Waals surface area contributed by atoms with E-state index in [4.69, 9.17) is 4.74 Å². The number of rotatable bonds is 6. The van der Waals surface area contributed by atoms with Crippen LogP contribution in [0.4, 0.5) is 0 Å². The van der Waals surface area contributed by atoms with Crippen LogP contribution >= 0.6 is 0 Å². The molecule has 0 unspecified atom stereocenters. The van der Waals surface area contributed by atoms with E-state index in [1.807, 2.05) is 0 Å². The lowest BCUT2D eigenvalue weighted by atomic mass is 9.49. The van der Waals surface area contributed by atoms with Crippen LogP contribution in [-0.2, 0) is 21.1 Å². The van der Waals surface area contributed by atoms with Gasteiger partial charge in [0.1, 0.15) is 12.1 Å². The normalized spacial score (nSPS) is 29.1. The van der Waals surface area contributed by atoms with Gasteiger partial charge in [-0.25, -0.2) is 0 Å². The highest BCUT2D eigenvalue weighted by Crippen LogP contribution is 2.61. The van der Waals surface area contributed by atoms with E-state index in [-0.39, 0.29) is 30.2 Å². The number of ether oxygens (including phenoxy) is 1. The van der Waals surface area contributed by atoms with Crippen molar-refractivity contribution >= 4 is 22.8 Å². The van der Waals surface area contributed by atoms with Gasteiger partial charge in [0.15, 0.2) is 6.73 Å². The van der Waals surface area contributed by atoms with Gasteiger partial charge < -0.3 is 10.1 Å². The Morgan fingerprint density at radius 3 is 2.47 bits per heavy atom. The first-order valence-electron chi connectivity index (χ1n) is 10.7. The average molecular weight is 410 g/mol. The molecule has 1 heterocycles. The van der Waals surface area contributed by atoms with Gasteiger partial charge in [0, 0.05) is 6.42 Å². The summed E-state index contributed by atoms with van der Waals surface area (Å²) in [6.45, 7) is -0.540. The zero-order valence-corrected chi connectivity index (χ0v) is 16.9. The highest BCUT2D eigenvalue weighted by Gasteiger charge is 2.51. The van der Waals surface area contributed by atoms with E-state index in [1.54, 1.807) is 24.3 Å². The number of hydrogen-bond donors (Lipinski definition) is 1. The molecule has 0 aliphatic heterocycles. The molecule has 4 aliphatic rings. The molecule has 6 rings (SSSR count). The van der Waals surface area contributed by atoms with E-state index in [0.717, 1.165) is 41.7 Å². The quantitative estimate of drug-likeness (QED) is 0.731. The second-order valence-electron chi connectivity index (χ2n) is 9.43. The summed E-state index contributed by atoms with van der Waals surface area (Å²) in [6.07, 6.45) is 7.97. The lowest BCUT2D eigenvalue weighted by Gasteiger charge is -2.56. The maximum atomic E-state index is 12.5. The minimum atomic E-state index is -0.601. The summed E-state index contributed by atoms with van der Waals surface area (Å²) in [5, 5.41) is 10.8. The van der Waals surface area contributed by atoms with Gasteiger partial charge in [-0.05, 0) is 73.8 Å². The fourth-order valence-corrected chi connectivity index (χ4v) is 6.37. The highest BCUT2D eigenvalue weighted by molar-refractivity contribution is 5.82. The van der Waals surface area contributed by atoms with Gasteiger partial charge in [-0.15, -0.1) is 5.10 Å². The summed E-state index contributed by atoms with van der Waals surface area (Å²) in [4.78, 5) is 36.9. The van der Waals surface area contributed by atoms with Crippen LogP contribution in [0.15, 0.2) is 29.1 Å². The molecule has 0 atom stereocenters. The third kappa shape index (κ3) is 3.70. The van der Waals surface area contributed by atoms with Crippen molar-refractivity contribution in [2.75, 3.05) is 6.54 Å². The molecule has 1 aromatic carbocycles. The molecule has 2 aromatic rings. The summed E-state index contributed by atoms with van der Waals surface area (Å²) < 4.78 is 6.11. The van der Waals surface area contributed by atoms with Crippen molar-refractivity contribution < 1.29 is 14.3 Å². The van der Waals surface area contributed by atoms with Crippen molar-refractivity contribution in [3.05, 3.63) is 34.6 Å². The van der Waals surface area contributed by atoms with Gasteiger partial charge in [-0.2, -0.15) is 4.68 Å². The number of hydrogen-bond acceptors (Lipinski definition) is 6. The van der Waals surface area contributed by atoms with Gasteiger partial charge in [0.2, 0.25) is 5.91 Å². The lowest BCUT2D eigenvalue weighted by molar-refractivity contribution is -0.148. The van der Waals surface area contributed by atoms with Crippen LogP contribution in [0.2, 0.25) is 0 Å². The molecule has 1 N–H and O–H groups in total. The zero-order valence-electron chi connectivity index (χ0n) is 16.9. The Balaban J connectivity index is 1.12. The van der Waals surface area contributed by atoms with Crippen LogP contribution in [0.5, 0.6) is 0 Å². The molecular formula is C22H26N4O4. The number of benzene rings is 1. The Labute approximate surface area is 174 Å². The van der Waals surface area contributed by atoms with Gasteiger partial charge in [-0.1, -0.05) is 17.3 Å². The molecule has 0 saturated heterocycles. The summed E-state index contributed by atoms with van der Waals surface area (Å²) in [5.74, 6) is 1.67. The smallest absolute Gasteiger partial charge is 0.327 e. The number of esters is 1. The van der Waals surface area contributed by atoms with Crippen molar-refractivity contribution in [2.45, 2.75) is 51.7 Å². The van der Waals surface area contributed by atoms with E-state index in [9.17, 15) is 14.4 Å². The molecule has 30 heavy (non-hydrogen) atoms. The van der Waals surface area contributed by atoms with E-state index in [2.05, 4.69) is 15.6 Å². The first-order chi connectivity index (χ1) is 14.5. The molecule has 4 fully saturated rings. The van der Waals surface area contributed by atoms with E-state index >= 15 is 0 Å². The van der Waals surface area contributed by atoms with Crippen molar-refractivity contribution in [3.8, 4) is 0 Å². The molecule has 0 radical (unpaired) electrons. The van der Waals surface area contributed by atoms with Crippen LogP contribution in [0.1, 0.15) is 44.9 Å². The number of nitrogens with zero attached hydrogens (tertiary/aromatic N) is 3. The average Bonchev–Trinajstić information content (AvgIpc) is 2.70. The molecule has 8 nitrogen and oxygen atoms in total. The van der Waals surface area contributed by atoms with Crippen LogP contribution < -0.4 is 10.9 Å². The Morgan fingerprint density at radius 1 is 1.10 bits per heavy atom. The van der Waals surface area contributed by atoms with Crippen molar-refractivity contribution in [3.63, 3.8) is 0 Å². The maximum Gasteiger partial charge on any atom is 0.327 e. The van der Waals surface area contributed by atoms with Gasteiger partial charge in [0.05, 0.1) is 5.39 Å². The van der Waals surface area contributed by atoms with Crippen molar-refractivity contribution in [1.29, 1.82) is 0 Å². The lowest BCUT2D eigenvalue weighted by Crippen LogP contribution is -2.48. The topological polar surface area (TPSA) is 103 Å². The fourth-order valence-electron chi connectivity index (χ4n) is 6.37. The van der Waals surface area contributed by atoms with E-state index < -0.39 is 5.97 Å². The fraction of sp³-hybridized carbons (Fsp3) is 0.591. The van der Waals surface area contributed by atoms with Crippen LogP contribution in [0.3, 0.4) is 0 Å². The Morgan fingerprint density at radius 2 is 1.77 bits per heavy atom. The predicted molar refractivity (Wildman–Crippen MR) is 108 cm³/mol. The number of amides is 1. The number of fused-ring (bicyclic) bond motifs is 1. The summed E-state index contributed by atoms with van der Waals surface area (Å²) in [7, 11) is 0. The third-order valence-electron chi connectivity index (χ3n) is 7.11. The van der Waals surface area contributed by atoms with Crippen LogP contribution in [-0.4, -0.2) is 33.4 Å². The van der Waals surface area contributed by atoms with Gasteiger partial charge >= 0.3 is 5.97 Å². The van der Waals surface area contributed by atoms with E-state index in [1.165, 1.54) is 19.3 Å². The molecule has 4 aliphatic carbocycles. The summed E-state index contributed by atoms with van der Waals surface area (Å²) in [6, 6.07) is 6.85. The highest BCUT2D eigenvalue weighted by atomic mass is 16.5. The van der Waals surface area contributed by atoms with Crippen LogP contribution in [0.25, 0.3) is 10.9 Å². The Bertz CT molecular complexity index is 1010. The number of carbonyl (C=O) groups excluding carboxylic acids is 2. The standard InChI is InChI=1S/C22H26N4O4/c27-19(11-22-8-14-5-15(9-22)7-16(6-14)10-22)23-12-20(28)30-13-26-21(29)17-3-1-2-4-18(17)24-25-26/h1-4,14-16H,5-13H2,(H,23,27). The predicted octanol–water partition coefficient (Wildman–Crippen LogP) is 2.01. The van der Waals surface area contributed by atoms with Crippen molar-refractivity contribution in [1.82, 2.24) is 20.3 Å². The van der Waals surface area contributed by atoms with Gasteiger partial charge in [0.25, 0.3) is 5.56 Å². The number of nitrogens with one attached hydrogen (secondary N) is 1. The van der Waals surface area contributed by atoms with Gasteiger partial charge in [-0.3, -0.25) is 14.4 Å². The monoisotopic (exact) mass is 410 g/mol. The largest absolute Gasteiger partial charge is 0.441 e. The second kappa shape index (κ2) is 7.49. The molecule has 4 saturated carbocycles. The zero-order chi connectivity index (χ0) is 20.7. The molecule has 4 bridgehead atoms. The second-order valence-corrected chi connectivity index (χ2v) is 9.43.